The molecule has 0 aromatic carbocycles. The Bertz CT molecular complexity index is 752. The summed E-state index contributed by atoms with van der Waals surface area (Å²) in [6.07, 6.45) is 8.66. The first-order chi connectivity index (χ1) is 15.5. The minimum absolute atomic E-state index is 0.0861. The highest BCUT2D eigenvalue weighted by Gasteiger charge is 2.50. The van der Waals surface area contributed by atoms with Crippen molar-refractivity contribution in [1.82, 2.24) is 10.2 Å². The second-order valence-corrected chi connectivity index (χ2v) is 11.1. The van der Waals surface area contributed by atoms with E-state index in [0.717, 1.165) is 44.9 Å². The second kappa shape index (κ2) is 10.4. The van der Waals surface area contributed by atoms with E-state index in [9.17, 15) is 19.2 Å². The zero-order valence-electron chi connectivity index (χ0n) is 20.6. The van der Waals surface area contributed by atoms with Crippen LogP contribution in [0.1, 0.15) is 91.4 Å². The van der Waals surface area contributed by atoms with E-state index < -0.39 is 29.7 Å². The summed E-state index contributed by atoms with van der Waals surface area (Å²) in [6, 6.07) is -1.61. The quantitative estimate of drug-likeness (QED) is 0.622. The van der Waals surface area contributed by atoms with Crippen molar-refractivity contribution in [2.45, 2.75) is 109 Å². The molecule has 0 bridgehead atoms. The van der Waals surface area contributed by atoms with Gasteiger partial charge in [-0.2, -0.15) is 0 Å². The third-order valence-corrected chi connectivity index (χ3v) is 7.36. The van der Waals surface area contributed by atoms with Crippen LogP contribution in [-0.2, 0) is 23.9 Å². The lowest BCUT2D eigenvalue weighted by molar-refractivity contribution is -0.146. The highest BCUT2D eigenvalue weighted by atomic mass is 16.6. The molecule has 1 spiro atoms. The monoisotopic (exact) mass is 464 g/mol. The minimum atomic E-state index is -0.905. The van der Waals surface area contributed by atoms with Crippen LogP contribution in [0, 0.1) is 11.3 Å². The normalized spacial score (nSPS) is 26.1. The van der Waals surface area contributed by atoms with E-state index in [1.54, 1.807) is 25.7 Å². The third-order valence-electron chi connectivity index (χ3n) is 7.36. The molecule has 0 radical (unpaired) electrons. The topological polar surface area (TPSA) is 102 Å². The van der Waals surface area contributed by atoms with Crippen LogP contribution in [0.2, 0.25) is 0 Å². The summed E-state index contributed by atoms with van der Waals surface area (Å²) < 4.78 is 10.5. The number of rotatable bonds is 5. The lowest BCUT2D eigenvalue weighted by atomic mass is 9.72. The second-order valence-electron chi connectivity index (χ2n) is 11.1. The molecule has 3 aliphatic rings. The molecular weight excluding hydrogens is 424 g/mol. The van der Waals surface area contributed by atoms with Gasteiger partial charge in [-0.05, 0) is 64.7 Å². The Kier molecular flexibility index (Phi) is 8.06. The molecular formula is C25H40N2O6. The molecule has 3 atom stereocenters. The summed E-state index contributed by atoms with van der Waals surface area (Å²) in [5, 5.41) is 2.83. The Hall–Kier alpha value is -2.12. The Morgan fingerprint density at radius 1 is 1.12 bits per heavy atom. The molecule has 8 heteroatoms. The summed E-state index contributed by atoms with van der Waals surface area (Å²) in [5.41, 5.74) is -0.756. The van der Waals surface area contributed by atoms with Crippen LogP contribution >= 0.6 is 0 Å². The van der Waals surface area contributed by atoms with Gasteiger partial charge in [-0.25, -0.2) is 9.59 Å². The van der Waals surface area contributed by atoms with E-state index in [-0.39, 0.29) is 29.4 Å². The van der Waals surface area contributed by atoms with Crippen LogP contribution in [0.4, 0.5) is 4.79 Å². The van der Waals surface area contributed by atoms with Crippen LogP contribution in [0.5, 0.6) is 0 Å². The van der Waals surface area contributed by atoms with Gasteiger partial charge in [0.1, 0.15) is 23.5 Å². The van der Waals surface area contributed by atoms with Crippen molar-refractivity contribution in [3.05, 3.63) is 0 Å². The number of hydrogen-bond acceptors (Lipinski definition) is 6. The Morgan fingerprint density at radius 3 is 2.42 bits per heavy atom. The van der Waals surface area contributed by atoms with Crippen LogP contribution in [0.3, 0.4) is 0 Å². The number of methoxy groups -OCH3 is 1. The largest absolute Gasteiger partial charge is 0.467 e. The van der Waals surface area contributed by atoms with Crippen LogP contribution < -0.4 is 5.32 Å². The molecule has 33 heavy (non-hydrogen) atoms. The first-order valence-electron chi connectivity index (χ1n) is 12.4. The van der Waals surface area contributed by atoms with Gasteiger partial charge < -0.3 is 14.8 Å². The number of esters is 1. The number of carbonyl (C=O) groups excluding carboxylic acids is 4. The number of amides is 2. The van der Waals surface area contributed by atoms with Gasteiger partial charge in [-0.15, -0.1) is 0 Å². The number of likely N-dealkylation sites (tertiary alicyclic amines) is 1. The Labute approximate surface area is 197 Å². The van der Waals surface area contributed by atoms with Gasteiger partial charge >= 0.3 is 12.1 Å². The summed E-state index contributed by atoms with van der Waals surface area (Å²) in [5.74, 6) is -1.04. The van der Waals surface area contributed by atoms with E-state index in [1.807, 2.05) is 0 Å². The molecule has 2 saturated carbocycles. The van der Waals surface area contributed by atoms with Crippen molar-refractivity contribution >= 4 is 23.8 Å². The molecule has 1 heterocycles. The standard InChI is InChI=1S/C25H40N2O6/c1-24(2,3)33-23(31)27-16-25(12-8-5-9-13-25)15-19(27)21(29)26-18(22(30)32-4)14-17-10-6-7-11-20(17)28/h17-19H,5-16H2,1-4H3,(H,26,29)/t17-,18-,19?/m0/s1. The summed E-state index contributed by atoms with van der Waals surface area (Å²) in [6.45, 7) is 5.91. The Balaban J connectivity index is 1.76. The molecule has 1 saturated heterocycles. The Morgan fingerprint density at radius 2 is 1.82 bits per heavy atom. The number of ether oxygens (including phenoxy) is 2. The van der Waals surface area contributed by atoms with E-state index >= 15 is 0 Å². The molecule has 0 aromatic rings. The van der Waals surface area contributed by atoms with Gasteiger partial charge in [0.25, 0.3) is 0 Å². The van der Waals surface area contributed by atoms with E-state index in [0.29, 0.717) is 19.4 Å². The SMILES string of the molecule is COC(=O)[C@H](C[C@@H]1CCCCC1=O)NC(=O)C1CC2(CCCCC2)CN1C(=O)OC(C)(C)C. The highest BCUT2D eigenvalue weighted by Crippen LogP contribution is 2.46. The smallest absolute Gasteiger partial charge is 0.410 e. The summed E-state index contributed by atoms with van der Waals surface area (Å²) in [4.78, 5) is 52.8. The fraction of sp³-hybridized carbons (Fsp3) is 0.840. The van der Waals surface area contributed by atoms with Gasteiger partial charge in [0.15, 0.2) is 0 Å². The first kappa shape index (κ1) is 25.5. The van der Waals surface area contributed by atoms with Crippen molar-refractivity contribution in [3.8, 4) is 0 Å². The third kappa shape index (κ3) is 6.48. The van der Waals surface area contributed by atoms with Crippen molar-refractivity contribution < 1.29 is 28.7 Å². The number of Topliss-reactive ketones (excluding diaryl/α,β-unsaturated/α-hetero) is 1. The van der Waals surface area contributed by atoms with Crippen molar-refractivity contribution in [1.29, 1.82) is 0 Å². The van der Waals surface area contributed by atoms with Crippen LogP contribution in [0.15, 0.2) is 0 Å². The minimum Gasteiger partial charge on any atom is -0.467 e. The van der Waals surface area contributed by atoms with Gasteiger partial charge in [-0.1, -0.05) is 25.7 Å². The van der Waals surface area contributed by atoms with Crippen LogP contribution in [-0.4, -0.2) is 60.0 Å². The zero-order valence-corrected chi connectivity index (χ0v) is 20.6. The van der Waals surface area contributed by atoms with Crippen molar-refractivity contribution in [2.75, 3.05) is 13.7 Å². The number of ketones is 1. The number of nitrogens with zero attached hydrogens (tertiary/aromatic N) is 1. The maximum absolute atomic E-state index is 13.5. The van der Waals surface area contributed by atoms with E-state index in [4.69, 9.17) is 9.47 Å². The predicted octanol–water partition coefficient (Wildman–Crippen LogP) is 3.75. The molecule has 8 nitrogen and oxygen atoms in total. The predicted molar refractivity (Wildman–Crippen MR) is 122 cm³/mol. The molecule has 2 amide bonds. The number of hydrogen-bond donors (Lipinski definition) is 1. The van der Waals surface area contributed by atoms with E-state index in [2.05, 4.69) is 5.32 Å². The molecule has 186 valence electrons. The zero-order chi connectivity index (χ0) is 24.2. The average molecular weight is 465 g/mol. The average Bonchev–Trinajstić information content (AvgIpc) is 3.12. The fourth-order valence-electron chi connectivity index (χ4n) is 5.68. The van der Waals surface area contributed by atoms with Crippen molar-refractivity contribution in [2.24, 2.45) is 11.3 Å². The molecule has 1 N–H and O–H groups in total. The lowest BCUT2D eigenvalue weighted by Crippen LogP contribution is -2.52. The van der Waals surface area contributed by atoms with Crippen LogP contribution in [0.25, 0.3) is 0 Å². The van der Waals surface area contributed by atoms with E-state index in [1.165, 1.54) is 13.5 Å². The maximum atomic E-state index is 13.5. The fourth-order valence-corrected chi connectivity index (χ4v) is 5.68. The maximum Gasteiger partial charge on any atom is 0.410 e. The summed E-state index contributed by atoms with van der Waals surface area (Å²) in [7, 11) is 1.28. The highest BCUT2D eigenvalue weighted by molar-refractivity contribution is 5.91. The van der Waals surface area contributed by atoms with Gasteiger partial charge in [0.05, 0.1) is 7.11 Å². The molecule has 0 aromatic heterocycles. The molecule has 1 unspecified atom stereocenters. The molecule has 3 fully saturated rings. The van der Waals surface area contributed by atoms with Gasteiger partial charge in [0.2, 0.25) is 5.91 Å². The van der Waals surface area contributed by atoms with Crippen molar-refractivity contribution in [3.63, 3.8) is 0 Å². The molecule has 1 aliphatic heterocycles. The van der Waals surface area contributed by atoms with Gasteiger partial charge in [-0.3, -0.25) is 14.5 Å². The summed E-state index contributed by atoms with van der Waals surface area (Å²) >= 11 is 0. The molecule has 2 aliphatic carbocycles. The number of carbonyl (C=O) groups is 4. The first-order valence-corrected chi connectivity index (χ1v) is 12.4. The number of nitrogens with one attached hydrogen (secondary N) is 1. The lowest BCUT2D eigenvalue weighted by Gasteiger charge is -2.33. The molecule has 3 rings (SSSR count). The van der Waals surface area contributed by atoms with Gasteiger partial charge in [0, 0.05) is 18.9 Å².